The van der Waals surface area contributed by atoms with Gasteiger partial charge in [-0.15, -0.1) is 35.4 Å². The molecule has 0 aromatic heterocycles. The van der Waals surface area contributed by atoms with Crippen LogP contribution in [0, 0.1) is 152 Å². The van der Waals surface area contributed by atoms with E-state index >= 15 is 0 Å². The van der Waals surface area contributed by atoms with Crippen molar-refractivity contribution in [3.05, 3.63) is 268 Å². The van der Waals surface area contributed by atoms with Gasteiger partial charge in [-0.1, -0.05) is 259 Å². The minimum atomic E-state index is 0. The van der Waals surface area contributed by atoms with Gasteiger partial charge in [-0.2, -0.15) is 23.3 Å². The van der Waals surface area contributed by atoms with Crippen LogP contribution in [-0.2, 0) is 49.0 Å². The molecule has 2 aromatic rings. The van der Waals surface area contributed by atoms with Gasteiger partial charge in [0.05, 0.1) is 36.6 Å². The number of hydrogen-bond acceptors (Lipinski definition) is 8. The third-order valence-corrected chi connectivity index (χ3v) is 15.8. The van der Waals surface area contributed by atoms with Gasteiger partial charge in [0.15, 0.2) is 0 Å². The predicted molar refractivity (Wildman–Crippen MR) is 417 cm³/mol. The molecular weight excluding hydrogens is 2240 g/mol. The van der Waals surface area contributed by atoms with Crippen LogP contribution >= 0.6 is 108 Å². The molecule has 18 atom stereocenters. The third kappa shape index (κ3) is 69.8. The van der Waals surface area contributed by atoms with Crippen molar-refractivity contribution in [2.75, 3.05) is 0 Å². The van der Waals surface area contributed by atoms with Crippen LogP contribution in [0.5, 0.6) is 0 Å². The van der Waals surface area contributed by atoms with E-state index < -0.39 is 0 Å². The van der Waals surface area contributed by atoms with Crippen molar-refractivity contribution in [3.63, 3.8) is 0 Å². The minimum absolute atomic E-state index is 0. The fourth-order valence-corrected chi connectivity index (χ4v) is 9.95. The van der Waals surface area contributed by atoms with Crippen LogP contribution in [-0.4, -0.2) is 36.6 Å². The maximum Gasteiger partial charge on any atom is 0.0794 e. The molecule has 0 aliphatic rings. The predicted octanol–water partition coefficient (Wildman–Crippen LogP) is 21.9. The van der Waals surface area contributed by atoms with Crippen molar-refractivity contribution >= 4 is 108 Å². The van der Waals surface area contributed by atoms with Gasteiger partial charge in [0.25, 0.3) is 0 Å². The van der Waals surface area contributed by atoms with Crippen LogP contribution in [0.2, 0.25) is 0 Å². The molecule has 0 bridgehead atoms. The first-order chi connectivity index (χ1) is 42.1. The van der Waals surface area contributed by atoms with Crippen LogP contribution in [0.15, 0.2) is 219 Å². The van der Waals surface area contributed by atoms with E-state index in [1.807, 2.05) is 87.8 Å². The van der Waals surface area contributed by atoms with Crippen molar-refractivity contribution in [1.29, 1.82) is 0 Å². The number of allylic oxidation sites excluding steroid dienone is 20. The first kappa shape index (κ1) is 104. The first-order valence-electron chi connectivity index (χ1n) is 28.7. The summed E-state index contributed by atoms with van der Waals surface area (Å²) in [7, 11) is 21.2. The Morgan fingerprint density at radius 3 is 1.01 bits per heavy atom. The summed E-state index contributed by atoms with van der Waals surface area (Å²) in [6.45, 7) is 19.3. The molecular formula is C66H104O8P12U4-4. The van der Waals surface area contributed by atoms with E-state index in [2.05, 4.69) is 247 Å². The van der Waals surface area contributed by atoms with Gasteiger partial charge in [0.2, 0.25) is 0 Å². The molecule has 0 spiro atoms. The Hall–Kier alpha value is 3.33. The smallest absolute Gasteiger partial charge is 0.0794 e. The second kappa shape index (κ2) is 84.7. The summed E-state index contributed by atoms with van der Waals surface area (Å²) in [5.74, 6) is 0. The fourth-order valence-electron chi connectivity index (χ4n) is 6.76. The molecule has 0 heterocycles. The molecule has 0 aliphatic heterocycles. The zero-order valence-corrected chi connectivity index (χ0v) is 83.1. The maximum absolute atomic E-state index is 5.63. The Labute approximate surface area is 669 Å². The molecule has 0 radical (unpaired) electrons. The van der Waals surface area contributed by atoms with Gasteiger partial charge in [0.1, 0.15) is 0 Å². The molecule has 496 valence electrons. The zero-order chi connectivity index (χ0) is 63.6. The van der Waals surface area contributed by atoms with E-state index in [4.69, 9.17) is 36.2 Å². The van der Waals surface area contributed by atoms with Gasteiger partial charge in [-0.25, -0.2) is 38.2 Å². The standard InChI is InChI=1S/2C21H34O2P3.2C12H18O2P3.4U/c2*1-3-5-17-21(23-26-25)19-15-13-11-9-7-6-8-10-12-14-18-20(22-24)16-4-2;2*1-10(14-15)5-4-8-11-6-2-3-7-12(11)9-13-17-16;;;;/h2*3,5-7,10-15,18-21,26H,1,4,8-9,16-17,24-25H2,2H3;2*2-7,9-10,17H,8,15-16H2,1H3;;;;/q4*-1;;;;/b5-3-,7-6-,12-10-,13-11-,18-14+,19-15+;;5-4+;;;;;. The Kier molecular flexibility index (Phi) is 98.2. The Morgan fingerprint density at radius 1 is 0.411 bits per heavy atom. The van der Waals surface area contributed by atoms with Crippen molar-refractivity contribution in [3.8, 4) is 0 Å². The molecule has 0 N–H and O–H groups in total. The van der Waals surface area contributed by atoms with Crippen molar-refractivity contribution < 1.29 is 161 Å². The van der Waals surface area contributed by atoms with Crippen LogP contribution in [0.1, 0.15) is 114 Å². The SMILES string of the molecule is CC(/C=C/Cc1ccccc1[CH-]OPP)OP.CC(C=CCc1ccccc1[CH-]OPP)OP.[CH2-]/C=C\CC(/C=C/C=C\C/C=C\C/C=C\C=C\C(CCC)OP)OPP.[CH2-]C=CCC(C=CC=CCC=CCC=CC=CC(CCC)OP)OPP.[U].[U].[U].[U]. The molecule has 90 heavy (non-hydrogen) atoms. The Morgan fingerprint density at radius 2 is 0.733 bits per heavy atom. The molecule has 0 amide bonds. The second-order valence-corrected chi connectivity index (χ2v) is 23.9. The average Bonchev–Trinajstić information content (AvgIpc) is 3.40. The van der Waals surface area contributed by atoms with Crippen LogP contribution in [0.25, 0.3) is 0 Å². The molecule has 2 aromatic carbocycles. The first-order valence-corrected chi connectivity index (χ1v) is 41.4. The van der Waals surface area contributed by atoms with E-state index in [-0.39, 0.29) is 161 Å². The average molecular weight is 2350 g/mol. The van der Waals surface area contributed by atoms with Gasteiger partial charge < -0.3 is 36.2 Å². The monoisotopic (exact) mass is 2350 g/mol. The van der Waals surface area contributed by atoms with E-state index in [9.17, 15) is 0 Å². The molecule has 2 rings (SSSR count). The molecule has 0 fully saturated rings. The summed E-state index contributed by atoms with van der Waals surface area (Å²) in [6, 6.07) is 16.5. The summed E-state index contributed by atoms with van der Waals surface area (Å²) >= 11 is 0. The number of benzene rings is 2. The normalized spacial score (nSPS) is 14.4. The van der Waals surface area contributed by atoms with Crippen molar-refractivity contribution in [2.45, 2.75) is 141 Å². The summed E-state index contributed by atoms with van der Waals surface area (Å²) in [5, 5.41) is 0. The largest absolute Gasteiger partial charge is 0.390 e. The Balaban J connectivity index is -0.000000262. The summed E-state index contributed by atoms with van der Waals surface area (Å²) in [6.07, 6.45) is 70.5. The molecule has 0 saturated carbocycles. The Bertz CT molecular complexity index is 2160. The quantitative estimate of drug-likeness (QED) is 0.0281. The summed E-state index contributed by atoms with van der Waals surface area (Å²) < 4.78 is 42.6. The molecule has 0 aliphatic carbocycles. The van der Waals surface area contributed by atoms with Crippen LogP contribution in [0.4, 0.5) is 0 Å². The zero-order valence-electron chi connectivity index (χ0n) is 53.2. The maximum atomic E-state index is 5.63. The van der Waals surface area contributed by atoms with Crippen LogP contribution < -0.4 is 0 Å². The van der Waals surface area contributed by atoms with Crippen LogP contribution in [0.3, 0.4) is 0 Å². The number of hydrogen-bond donors (Lipinski definition) is 0. The molecule has 18 unspecified atom stereocenters. The van der Waals surface area contributed by atoms with Gasteiger partial charge >= 0.3 is 0 Å². The second-order valence-electron chi connectivity index (χ2n) is 18.1. The fraction of sp³-hybridized carbons (Fsp3) is 0.333. The van der Waals surface area contributed by atoms with Crippen molar-refractivity contribution in [1.82, 2.24) is 0 Å². The van der Waals surface area contributed by atoms with E-state index in [1.54, 1.807) is 12.2 Å². The van der Waals surface area contributed by atoms with Gasteiger partial charge in [0, 0.05) is 196 Å². The van der Waals surface area contributed by atoms with E-state index in [0.717, 1.165) is 88.2 Å². The molecule has 0 saturated heterocycles. The van der Waals surface area contributed by atoms with E-state index in [1.165, 1.54) is 11.1 Å². The van der Waals surface area contributed by atoms with Gasteiger partial charge in [-0.3, -0.25) is 0 Å². The molecule has 8 nitrogen and oxygen atoms in total. The van der Waals surface area contributed by atoms with Gasteiger partial charge in [-0.05, 0) is 52.4 Å². The summed E-state index contributed by atoms with van der Waals surface area (Å²) in [5.41, 5.74) is 4.77. The third-order valence-electron chi connectivity index (χ3n) is 11.3. The minimum Gasteiger partial charge on any atom is -0.390 e. The molecule has 24 heteroatoms. The topological polar surface area (TPSA) is 73.8 Å². The van der Waals surface area contributed by atoms with Crippen molar-refractivity contribution in [2.24, 2.45) is 0 Å². The van der Waals surface area contributed by atoms with E-state index in [0.29, 0.717) is 34.0 Å². The number of rotatable bonds is 44. The summed E-state index contributed by atoms with van der Waals surface area (Å²) in [4.78, 5) is 0.